The topological polar surface area (TPSA) is 83.1 Å². The molecule has 1 heterocycles. The highest BCUT2D eigenvalue weighted by Crippen LogP contribution is 2.29. The van der Waals surface area contributed by atoms with Crippen molar-refractivity contribution >= 4 is 29.0 Å². The summed E-state index contributed by atoms with van der Waals surface area (Å²) < 4.78 is 10.6. The van der Waals surface area contributed by atoms with Gasteiger partial charge >= 0.3 is 6.03 Å². The van der Waals surface area contributed by atoms with Crippen molar-refractivity contribution in [2.75, 3.05) is 55.9 Å². The van der Waals surface area contributed by atoms with Gasteiger partial charge in [0.05, 0.1) is 19.9 Å². The van der Waals surface area contributed by atoms with Crippen LogP contribution in [0.25, 0.3) is 0 Å². The second-order valence-corrected chi connectivity index (χ2v) is 8.90. The van der Waals surface area contributed by atoms with Gasteiger partial charge in [-0.25, -0.2) is 4.79 Å². The second-order valence-electron chi connectivity index (χ2n) is 8.90. The molecule has 0 aliphatic carbocycles. The van der Waals surface area contributed by atoms with E-state index in [0.29, 0.717) is 36.7 Å². The number of methoxy groups -OCH3 is 2. The van der Waals surface area contributed by atoms with Crippen molar-refractivity contribution in [2.24, 2.45) is 0 Å². The van der Waals surface area contributed by atoms with Crippen molar-refractivity contribution in [1.29, 1.82) is 0 Å². The number of hydrogen-bond donors (Lipinski definition) is 2. The van der Waals surface area contributed by atoms with E-state index in [0.717, 1.165) is 37.3 Å². The average molecular weight is 503 g/mol. The first-order valence-corrected chi connectivity index (χ1v) is 12.5. The number of carbonyl (C=O) groups excluding carboxylic acids is 2. The lowest BCUT2D eigenvalue weighted by Gasteiger charge is -2.36. The summed E-state index contributed by atoms with van der Waals surface area (Å²) in [7, 11) is 3.15. The van der Waals surface area contributed by atoms with E-state index >= 15 is 0 Å². The Morgan fingerprint density at radius 2 is 1.57 bits per heavy atom. The molecule has 3 amide bonds. The first-order chi connectivity index (χ1) is 18.1. The van der Waals surface area contributed by atoms with Crippen LogP contribution in [0, 0.1) is 0 Å². The number of ether oxygens (including phenoxy) is 2. The van der Waals surface area contributed by atoms with Gasteiger partial charge in [-0.3, -0.25) is 4.79 Å². The van der Waals surface area contributed by atoms with Crippen LogP contribution < -0.4 is 25.0 Å². The number of aryl methyl sites for hydroxylation is 1. The zero-order valence-corrected chi connectivity index (χ0v) is 21.4. The first-order valence-electron chi connectivity index (χ1n) is 12.5. The number of nitrogens with one attached hydrogen (secondary N) is 2. The number of rotatable bonds is 9. The molecule has 1 fully saturated rings. The first kappa shape index (κ1) is 25.9. The van der Waals surface area contributed by atoms with Crippen molar-refractivity contribution in [3.05, 3.63) is 78.4 Å². The Hall–Kier alpha value is -4.20. The third-order valence-corrected chi connectivity index (χ3v) is 6.45. The normalized spacial score (nSPS) is 13.1. The Labute approximate surface area is 218 Å². The standard InChI is InChI=1S/C29H34N4O4/c1-36-25-15-16-26(27(21-25)37-2)31-29(35)33-19-17-32(18-20-33)24-13-11-23(12-14-24)30-28(34)10-6-9-22-7-4-3-5-8-22/h3-5,7-8,11-16,21H,6,9-10,17-20H2,1-2H3,(H,30,34)(H,31,35). The van der Waals surface area contributed by atoms with Crippen molar-refractivity contribution in [2.45, 2.75) is 19.3 Å². The number of nitrogens with zero attached hydrogens (tertiary/aromatic N) is 2. The molecule has 3 aromatic rings. The molecule has 194 valence electrons. The van der Waals surface area contributed by atoms with E-state index in [1.165, 1.54) is 5.56 Å². The van der Waals surface area contributed by atoms with Gasteiger partial charge in [-0.2, -0.15) is 0 Å². The number of hydrogen-bond acceptors (Lipinski definition) is 5. The third-order valence-electron chi connectivity index (χ3n) is 6.45. The third kappa shape index (κ3) is 7.16. The molecule has 1 saturated heterocycles. The Morgan fingerprint density at radius 1 is 0.838 bits per heavy atom. The fraction of sp³-hybridized carbons (Fsp3) is 0.310. The lowest BCUT2D eigenvalue weighted by Crippen LogP contribution is -2.50. The zero-order chi connectivity index (χ0) is 26.0. The molecule has 0 unspecified atom stereocenters. The largest absolute Gasteiger partial charge is 0.497 e. The van der Waals surface area contributed by atoms with Crippen molar-refractivity contribution in [3.63, 3.8) is 0 Å². The van der Waals surface area contributed by atoms with E-state index in [1.54, 1.807) is 37.3 Å². The summed E-state index contributed by atoms with van der Waals surface area (Å²) in [4.78, 5) is 29.2. The minimum Gasteiger partial charge on any atom is -0.497 e. The van der Waals surface area contributed by atoms with Gasteiger partial charge in [0.1, 0.15) is 11.5 Å². The molecule has 0 bridgehead atoms. The maximum absolute atomic E-state index is 12.8. The molecule has 0 spiro atoms. The molecule has 8 heteroatoms. The monoisotopic (exact) mass is 502 g/mol. The summed E-state index contributed by atoms with van der Waals surface area (Å²) in [5, 5.41) is 5.92. The minimum atomic E-state index is -0.159. The fourth-order valence-electron chi connectivity index (χ4n) is 4.34. The van der Waals surface area contributed by atoms with E-state index in [-0.39, 0.29) is 11.9 Å². The van der Waals surface area contributed by atoms with Gasteiger partial charge in [0, 0.05) is 50.0 Å². The van der Waals surface area contributed by atoms with Crippen LogP contribution >= 0.6 is 0 Å². The quantitative estimate of drug-likeness (QED) is 0.429. The van der Waals surface area contributed by atoms with Crippen LogP contribution in [0.2, 0.25) is 0 Å². The molecule has 0 aromatic heterocycles. The highest BCUT2D eigenvalue weighted by Gasteiger charge is 2.22. The van der Waals surface area contributed by atoms with Crippen LogP contribution in [-0.2, 0) is 11.2 Å². The number of piperazine rings is 1. The molecule has 2 N–H and O–H groups in total. The van der Waals surface area contributed by atoms with E-state index in [9.17, 15) is 9.59 Å². The van der Waals surface area contributed by atoms with Crippen LogP contribution in [0.15, 0.2) is 72.8 Å². The lowest BCUT2D eigenvalue weighted by atomic mass is 10.1. The van der Waals surface area contributed by atoms with Crippen molar-refractivity contribution in [1.82, 2.24) is 4.90 Å². The Kier molecular flexibility index (Phi) is 8.86. The molecule has 0 radical (unpaired) electrons. The molecule has 3 aromatic carbocycles. The van der Waals surface area contributed by atoms with Gasteiger partial charge < -0.3 is 29.9 Å². The lowest BCUT2D eigenvalue weighted by molar-refractivity contribution is -0.116. The predicted molar refractivity (Wildman–Crippen MR) is 147 cm³/mol. The van der Waals surface area contributed by atoms with Crippen molar-refractivity contribution < 1.29 is 19.1 Å². The van der Waals surface area contributed by atoms with Gasteiger partial charge in [0.25, 0.3) is 0 Å². The summed E-state index contributed by atoms with van der Waals surface area (Å²) in [6.45, 7) is 2.64. The number of urea groups is 1. The van der Waals surface area contributed by atoms with Crippen LogP contribution in [-0.4, -0.2) is 57.2 Å². The van der Waals surface area contributed by atoms with Crippen molar-refractivity contribution in [3.8, 4) is 11.5 Å². The molecule has 1 aliphatic heterocycles. The van der Waals surface area contributed by atoms with Crippen LogP contribution in [0.3, 0.4) is 0 Å². The Morgan fingerprint density at radius 3 is 2.24 bits per heavy atom. The number of benzene rings is 3. The Bertz CT molecular complexity index is 1180. The van der Waals surface area contributed by atoms with Crippen LogP contribution in [0.1, 0.15) is 18.4 Å². The Balaban J connectivity index is 1.22. The molecule has 1 aliphatic rings. The zero-order valence-electron chi connectivity index (χ0n) is 21.4. The van der Waals surface area contributed by atoms with Gasteiger partial charge in [-0.15, -0.1) is 0 Å². The summed E-state index contributed by atoms with van der Waals surface area (Å²) in [5.74, 6) is 1.24. The summed E-state index contributed by atoms with van der Waals surface area (Å²) in [6.07, 6.45) is 2.20. The number of anilines is 3. The van der Waals surface area contributed by atoms with E-state index in [1.807, 2.05) is 42.5 Å². The van der Waals surface area contributed by atoms with Gasteiger partial charge in [-0.1, -0.05) is 30.3 Å². The number of amides is 3. The van der Waals surface area contributed by atoms with Gasteiger partial charge in [-0.05, 0) is 54.8 Å². The van der Waals surface area contributed by atoms with E-state index < -0.39 is 0 Å². The van der Waals surface area contributed by atoms with E-state index in [4.69, 9.17) is 9.47 Å². The van der Waals surface area contributed by atoms with Crippen LogP contribution in [0.4, 0.5) is 21.9 Å². The molecular weight excluding hydrogens is 468 g/mol. The van der Waals surface area contributed by atoms with Gasteiger partial charge in [0.15, 0.2) is 0 Å². The average Bonchev–Trinajstić information content (AvgIpc) is 2.94. The summed E-state index contributed by atoms with van der Waals surface area (Å²) in [5.41, 5.74) is 3.71. The number of carbonyl (C=O) groups is 2. The summed E-state index contributed by atoms with van der Waals surface area (Å²) >= 11 is 0. The van der Waals surface area contributed by atoms with Crippen LogP contribution in [0.5, 0.6) is 11.5 Å². The highest BCUT2D eigenvalue weighted by molar-refractivity contribution is 5.92. The SMILES string of the molecule is COc1ccc(NC(=O)N2CCN(c3ccc(NC(=O)CCCc4ccccc4)cc3)CC2)c(OC)c1. The second kappa shape index (κ2) is 12.7. The van der Waals surface area contributed by atoms with E-state index in [2.05, 4.69) is 27.7 Å². The van der Waals surface area contributed by atoms with Gasteiger partial charge in [0.2, 0.25) is 5.91 Å². The molecule has 0 saturated carbocycles. The smallest absolute Gasteiger partial charge is 0.322 e. The molecule has 4 rings (SSSR count). The molecule has 37 heavy (non-hydrogen) atoms. The predicted octanol–water partition coefficient (Wildman–Crippen LogP) is 5.02. The maximum Gasteiger partial charge on any atom is 0.322 e. The molecule has 8 nitrogen and oxygen atoms in total. The molecular formula is C29H34N4O4. The fourth-order valence-corrected chi connectivity index (χ4v) is 4.34. The molecule has 0 atom stereocenters. The minimum absolute atomic E-state index is 0.0248. The summed E-state index contributed by atoms with van der Waals surface area (Å²) in [6, 6.07) is 23.2. The highest BCUT2D eigenvalue weighted by atomic mass is 16.5. The maximum atomic E-state index is 12.8.